The van der Waals surface area contributed by atoms with Crippen LogP contribution in [0.1, 0.15) is 18.9 Å². The van der Waals surface area contributed by atoms with Crippen molar-refractivity contribution in [2.24, 2.45) is 0 Å². The predicted octanol–water partition coefficient (Wildman–Crippen LogP) is 3.24. The molecule has 2 aromatic carbocycles. The smallest absolute Gasteiger partial charge is 0.125 e. The van der Waals surface area contributed by atoms with Gasteiger partial charge in [-0.3, -0.25) is 0 Å². The molecule has 0 amide bonds. The lowest BCUT2D eigenvalue weighted by Crippen LogP contribution is -2.38. The first-order valence-electron chi connectivity index (χ1n) is 6.54. The number of aromatic hydroxyl groups is 1. The van der Waals surface area contributed by atoms with Crippen LogP contribution in [0.2, 0.25) is 0 Å². The summed E-state index contributed by atoms with van der Waals surface area (Å²) in [6.45, 7) is 1.81. The van der Waals surface area contributed by atoms with Crippen molar-refractivity contribution in [1.82, 2.24) is 0 Å². The summed E-state index contributed by atoms with van der Waals surface area (Å²) < 4.78 is 13.3. The summed E-state index contributed by atoms with van der Waals surface area (Å²) in [5.41, 5.74) is 0.736. The SMILES string of the molecule is CCC(CO)(Nc1cccc(F)c1)c1ccc(O)cc1. The van der Waals surface area contributed by atoms with Gasteiger partial charge in [-0.2, -0.15) is 0 Å². The molecule has 106 valence electrons. The number of aliphatic hydroxyl groups excluding tert-OH is 1. The highest BCUT2D eigenvalue weighted by Crippen LogP contribution is 2.30. The van der Waals surface area contributed by atoms with Crippen LogP contribution in [0.3, 0.4) is 0 Å². The molecule has 0 radical (unpaired) electrons. The Morgan fingerprint density at radius 3 is 2.40 bits per heavy atom. The third-order valence-corrected chi connectivity index (χ3v) is 3.50. The van der Waals surface area contributed by atoms with E-state index in [1.54, 1.807) is 36.4 Å². The van der Waals surface area contributed by atoms with Crippen molar-refractivity contribution in [3.8, 4) is 5.75 Å². The van der Waals surface area contributed by atoms with Gasteiger partial charge in [0.2, 0.25) is 0 Å². The normalized spacial score (nSPS) is 13.8. The highest BCUT2D eigenvalue weighted by Gasteiger charge is 2.29. The van der Waals surface area contributed by atoms with Gasteiger partial charge in [-0.1, -0.05) is 25.1 Å². The molecule has 2 aromatic rings. The maximum Gasteiger partial charge on any atom is 0.125 e. The lowest BCUT2D eigenvalue weighted by molar-refractivity contribution is 0.207. The van der Waals surface area contributed by atoms with Gasteiger partial charge in [-0.15, -0.1) is 0 Å². The fraction of sp³-hybridized carbons (Fsp3) is 0.250. The van der Waals surface area contributed by atoms with Gasteiger partial charge in [0.25, 0.3) is 0 Å². The van der Waals surface area contributed by atoms with E-state index in [4.69, 9.17) is 0 Å². The molecular weight excluding hydrogens is 257 g/mol. The molecular formula is C16H18FNO2. The number of benzene rings is 2. The van der Waals surface area contributed by atoms with Crippen molar-refractivity contribution in [3.05, 3.63) is 59.9 Å². The van der Waals surface area contributed by atoms with E-state index in [2.05, 4.69) is 5.32 Å². The Labute approximate surface area is 117 Å². The lowest BCUT2D eigenvalue weighted by Gasteiger charge is -2.33. The summed E-state index contributed by atoms with van der Waals surface area (Å²) in [7, 11) is 0. The Morgan fingerprint density at radius 1 is 1.15 bits per heavy atom. The summed E-state index contributed by atoms with van der Waals surface area (Å²) in [4.78, 5) is 0. The van der Waals surface area contributed by atoms with Crippen molar-refractivity contribution in [2.45, 2.75) is 18.9 Å². The predicted molar refractivity (Wildman–Crippen MR) is 77.2 cm³/mol. The van der Waals surface area contributed by atoms with Crippen LogP contribution in [0.4, 0.5) is 10.1 Å². The van der Waals surface area contributed by atoms with E-state index in [1.165, 1.54) is 12.1 Å². The van der Waals surface area contributed by atoms with Crippen LogP contribution in [0.5, 0.6) is 5.75 Å². The number of anilines is 1. The Bertz CT molecular complexity index is 565. The molecule has 1 atom stereocenters. The van der Waals surface area contributed by atoms with E-state index in [0.717, 1.165) is 5.56 Å². The molecule has 4 heteroatoms. The second kappa shape index (κ2) is 5.92. The fourth-order valence-corrected chi connectivity index (χ4v) is 2.23. The molecule has 3 N–H and O–H groups in total. The molecule has 0 aliphatic heterocycles. The Balaban J connectivity index is 2.36. The third-order valence-electron chi connectivity index (χ3n) is 3.50. The molecule has 0 saturated heterocycles. The van der Waals surface area contributed by atoms with Crippen molar-refractivity contribution >= 4 is 5.69 Å². The molecule has 0 heterocycles. The van der Waals surface area contributed by atoms with Gasteiger partial charge >= 0.3 is 0 Å². The monoisotopic (exact) mass is 275 g/mol. The second-order valence-electron chi connectivity index (χ2n) is 4.78. The molecule has 0 aliphatic carbocycles. The summed E-state index contributed by atoms with van der Waals surface area (Å²) >= 11 is 0. The number of halogens is 1. The molecule has 2 rings (SSSR count). The first-order chi connectivity index (χ1) is 9.59. The van der Waals surface area contributed by atoms with Crippen LogP contribution in [0.15, 0.2) is 48.5 Å². The zero-order valence-electron chi connectivity index (χ0n) is 11.3. The summed E-state index contributed by atoms with van der Waals surface area (Å²) in [5, 5.41) is 22.4. The highest BCUT2D eigenvalue weighted by molar-refractivity contribution is 5.48. The van der Waals surface area contributed by atoms with Crippen LogP contribution in [-0.4, -0.2) is 16.8 Å². The van der Waals surface area contributed by atoms with E-state index >= 15 is 0 Å². The van der Waals surface area contributed by atoms with Gasteiger partial charge in [0.05, 0.1) is 12.1 Å². The quantitative estimate of drug-likeness (QED) is 0.785. The summed E-state index contributed by atoms with van der Waals surface area (Å²) in [5.74, 6) is -0.161. The molecule has 20 heavy (non-hydrogen) atoms. The van der Waals surface area contributed by atoms with Crippen molar-refractivity contribution in [1.29, 1.82) is 0 Å². The largest absolute Gasteiger partial charge is 0.508 e. The number of aliphatic hydroxyl groups is 1. The van der Waals surface area contributed by atoms with Gasteiger partial charge in [0.15, 0.2) is 0 Å². The fourth-order valence-electron chi connectivity index (χ4n) is 2.23. The molecule has 0 bridgehead atoms. The van der Waals surface area contributed by atoms with E-state index in [9.17, 15) is 14.6 Å². The van der Waals surface area contributed by atoms with Gasteiger partial charge < -0.3 is 15.5 Å². The first kappa shape index (κ1) is 14.3. The van der Waals surface area contributed by atoms with Crippen molar-refractivity contribution in [2.75, 3.05) is 11.9 Å². The van der Waals surface area contributed by atoms with Crippen molar-refractivity contribution < 1.29 is 14.6 Å². The number of phenolic OH excluding ortho intramolecular Hbond substituents is 1. The zero-order chi connectivity index (χ0) is 14.6. The third kappa shape index (κ3) is 2.91. The number of phenols is 1. The van der Waals surface area contributed by atoms with Gasteiger partial charge in [0.1, 0.15) is 11.6 Å². The molecule has 1 unspecified atom stereocenters. The number of hydrogen-bond donors (Lipinski definition) is 3. The van der Waals surface area contributed by atoms with E-state index in [-0.39, 0.29) is 18.2 Å². The second-order valence-corrected chi connectivity index (χ2v) is 4.78. The van der Waals surface area contributed by atoms with Gasteiger partial charge in [-0.05, 0) is 42.3 Å². The summed E-state index contributed by atoms with van der Waals surface area (Å²) in [6.07, 6.45) is 0.616. The summed E-state index contributed by atoms with van der Waals surface area (Å²) in [6, 6.07) is 12.8. The van der Waals surface area contributed by atoms with Gasteiger partial charge in [0, 0.05) is 5.69 Å². The molecule has 0 saturated carbocycles. The first-order valence-corrected chi connectivity index (χ1v) is 6.54. The molecule has 3 nitrogen and oxygen atoms in total. The maximum atomic E-state index is 13.3. The van der Waals surface area contributed by atoms with E-state index in [1.807, 2.05) is 6.92 Å². The Morgan fingerprint density at radius 2 is 1.85 bits per heavy atom. The minimum absolute atomic E-state index is 0.134. The number of rotatable bonds is 5. The lowest BCUT2D eigenvalue weighted by atomic mass is 9.87. The van der Waals surface area contributed by atoms with Crippen LogP contribution < -0.4 is 5.32 Å². The maximum absolute atomic E-state index is 13.3. The highest BCUT2D eigenvalue weighted by atomic mass is 19.1. The topological polar surface area (TPSA) is 52.5 Å². The Hall–Kier alpha value is -2.07. The average Bonchev–Trinajstić information content (AvgIpc) is 2.46. The molecule has 0 aliphatic rings. The minimum Gasteiger partial charge on any atom is -0.508 e. The van der Waals surface area contributed by atoms with Crippen molar-refractivity contribution in [3.63, 3.8) is 0 Å². The van der Waals surface area contributed by atoms with Crippen LogP contribution in [0.25, 0.3) is 0 Å². The van der Waals surface area contributed by atoms with Gasteiger partial charge in [-0.25, -0.2) is 4.39 Å². The average molecular weight is 275 g/mol. The number of hydrogen-bond acceptors (Lipinski definition) is 3. The van der Waals surface area contributed by atoms with Crippen LogP contribution in [-0.2, 0) is 5.54 Å². The molecule has 0 fully saturated rings. The van der Waals surface area contributed by atoms with E-state index in [0.29, 0.717) is 12.1 Å². The Kier molecular flexibility index (Phi) is 4.25. The van der Waals surface area contributed by atoms with Crippen LogP contribution in [0, 0.1) is 5.82 Å². The zero-order valence-corrected chi connectivity index (χ0v) is 11.3. The minimum atomic E-state index is -0.707. The van der Waals surface area contributed by atoms with E-state index < -0.39 is 5.54 Å². The molecule has 0 aromatic heterocycles. The number of nitrogens with one attached hydrogen (secondary N) is 1. The molecule has 0 spiro atoms. The van der Waals surface area contributed by atoms with Crippen LogP contribution >= 0.6 is 0 Å². The standard InChI is InChI=1S/C16H18FNO2/c1-2-16(11-19,12-6-8-15(20)9-7-12)18-14-5-3-4-13(17)10-14/h3-10,18-20H,2,11H2,1H3.